The first-order chi connectivity index (χ1) is 26.4. The van der Waals surface area contributed by atoms with Crippen LogP contribution in [0.25, 0.3) is 0 Å². The number of hydrogen-bond acceptors (Lipinski definition) is 5. The second-order valence-electron chi connectivity index (χ2n) is 17.6. The molecule has 4 atom stereocenters. The summed E-state index contributed by atoms with van der Waals surface area (Å²) in [6, 6.07) is 19.8. The minimum absolute atomic E-state index is 0.0468. The van der Waals surface area contributed by atoms with Crippen molar-refractivity contribution in [2.75, 3.05) is 45.9 Å². The lowest BCUT2D eigenvalue weighted by Gasteiger charge is -2.33. The summed E-state index contributed by atoms with van der Waals surface area (Å²) in [4.78, 5) is 7.05. The number of alkyl halides is 3. The summed E-state index contributed by atoms with van der Waals surface area (Å²) in [7, 11) is 0. The maximum Gasteiger partial charge on any atom is 0.392 e. The Bertz CT molecular complexity index is 1860. The van der Waals surface area contributed by atoms with E-state index in [1.807, 2.05) is 4.90 Å². The van der Waals surface area contributed by atoms with Crippen molar-refractivity contribution in [3.63, 3.8) is 0 Å². The molecule has 5 nitrogen and oxygen atoms in total. The van der Waals surface area contributed by atoms with E-state index in [0.29, 0.717) is 37.4 Å². The second kappa shape index (κ2) is 17.1. The van der Waals surface area contributed by atoms with Gasteiger partial charge in [0.25, 0.3) is 0 Å². The van der Waals surface area contributed by atoms with E-state index in [0.717, 1.165) is 84.5 Å². The van der Waals surface area contributed by atoms with Crippen LogP contribution < -0.4 is 0 Å². The topological polar surface area (TPSA) is 42.7 Å². The zero-order chi connectivity index (χ0) is 38.9. The third kappa shape index (κ3) is 9.33. The Balaban J connectivity index is 1.13. The quantitative estimate of drug-likeness (QED) is 0.184. The molecule has 0 amide bonds. The van der Waals surface area contributed by atoms with Crippen molar-refractivity contribution in [1.29, 1.82) is 5.26 Å². The molecule has 4 aliphatic rings. The summed E-state index contributed by atoms with van der Waals surface area (Å²) < 4.78 is 46.0. The van der Waals surface area contributed by atoms with Gasteiger partial charge in [-0.05, 0) is 117 Å². The predicted molar refractivity (Wildman–Crippen MR) is 214 cm³/mol. The summed E-state index contributed by atoms with van der Waals surface area (Å²) in [6.07, 6.45) is 2.27. The monoisotopic (exact) mass is 754 g/mol. The molecule has 0 spiro atoms. The van der Waals surface area contributed by atoms with Crippen LogP contribution in [0.5, 0.6) is 0 Å². The van der Waals surface area contributed by atoms with Crippen molar-refractivity contribution in [3.05, 3.63) is 104 Å². The summed E-state index contributed by atoms with van der Waals surface area (Å²) in [5.74, 6) is -0.315. The molecule has 3 aromatic rings. The van der Waals surface area contributed by atoms with Crippen molar-refractivity contribution in [1.82, 2.24) is 14.7 Å². The molecule has 55 heavy (non-hydrogen) atoms. The van der Waals surface area contributed by atoms with Gasteiger partial charge in [-0.25, -0.2) is 0 Å². The Labute approximate surface area is 327 Å². The lowest BCUT2D eigenvalue weighted by Crippen LogP contribution is -2.39. The second-order valence-corrected chi connectivity index (χ2v) is 17.6. The Hall–Kier alpha value is -3.22. The molecule has 7 rings (SSSR count). The zero-order valence-corrected chi connectivity index (χ0v) is 33.8. The molecule has 296 valence electrons. The Morgan fingerprint density at radius 1 is 0.764 bits per heavy atom. The van der Waals surface area contributed by atoms with E-state index in [4.69, 9.17) is 4.74 Å². The molecule has 4 heterocycles. The Kier molecular flexibility index (Phi) is 12.4. The Morgan fingerprint density at radius 2 is 1.47 bits per heavy atom. The third-order valence-corrected chi connectivity index (χ3v) is 13.2. The maximum atomic E-state index is 13.4. The van der Waals surface area contributed by atoms with Crippen molar-refractivity contribution in [3.8, 4) is 6.07 Å². The molecule has 0 aliphatic carbocycles. The number of fused-ring (bicyclic) bond motifs is 3. The van der Waals surface area contributed by atoms with E-state index in [1.54, 1.807) is 0 Å². The molecule has 0 saturated carbocycles. The van der Waals surface area contributed by atoms with E-state index in [1.165, 1.54) is 68.1 Å². The van der Waals surface area contributed by atoms with Crippen LogP contribution in [0, 0.1) is 17.2 Å². The fourth-order valence-corrected chi connectivity index (χ4v) is 9.71. The maximum absolute atomic E-state index is 13.4. The van der Waals surface area contributed by atoms with Gasteiger partial charge < -0.3 is 4.74 Å². The van der Waals surface area contributed by atoms with Gasteiger partial charge in [-0.3, -0.25) is 14.7 Å². The molecule has 1 saturated heterocycles. The summed E-state index contributed by atoms with van der Waals surface area (Å²) >= 11 is 0. The van der Waals surface area contributed by atoms with Gasteiger partial charge in [-0.2, -0.15) is 18.4 Å². The molecule has 4 unspecified atom stereocenters. The molecule has 0 radical (unpaired) electrons. The van der Waals surface area contributed by atoms with Crippen LogP contribution >= 0.6 is 0 Å². The zero-order valence-electron chi connectivity index (χ0n) is 33.8. The predicted octanol–water partition coefficient (Wildman–Crippen LogP) is 9.48. The van der Waals surface area contributed by atoms with Crippen molar-refractivity contribution in [2.45, 2.75) is 129 Å². The minimum atomic E-state index is -4.17. The smallest absolute Gasteiger partial charge is 0.380 e. The van der Waals surface area contributed by atoms with Gasteiger partial charge in [-0.15, -0.1) is 0 Å². The van der Waals surface area contributed by atoms with E-state index in [-0.39, 0.29) is 12.5 Å². The summed E-state index contributed by atoms with van der Waals surface area (Å²) in [5.41, 5.74) is 15.3. The fraction of sp³-hybridized carbons (Fsp3) is 0.596. The third-order valence-electron chi connectivity index (χ3n) is 13.2. The first kappa shape index (κ1) is 40.0. The van der Waals surface area contributed by atoms with Crippen LogP contribution in [0.2, 0.25) is 0 Å². The normalized spacial score (nSPS) is 21.1. The first-order valence-corrected chi connectivity index (χ1v) is 21.0. The molecule has 4 aliphatic heterocycles. The fourth-order valence-electron chi connectivity index (χ4n) is 9.71. The van der Waals surface area contributed by atoms with Gasteiger partial charge in [0, 0.05) is 71.4 Å². The van der Waals surface area contributed by atoms with Crippen molar-refractivity contribution in [2.24, 2.45) is 5.92 Å². The van der Waals surface area contributed by atoms with Crippen LogP contribution in [0.3, 0.4) is 0 Å². The summed E-state index contributed by atoms with van der Waals surface area (Å²) in [6.45, 7) is 18.4. The average Bonchev–Trinajstić information content (AvgIpc) is 3.71. The molecule has 0 bridgehead atoms. The van der Waals surface area contributed by atoms with Crippen LogP contribution in [-0.2, 0) is 56.5 Å². The number of nitrogens with zero attached hydrogens (tertiary/aromatic N) is 4. The average molecular weight is 755 g/mol. The first-order valence-electron chi connectivity index (χ1n) is 21.0. The molecular weight excluding hydrogens is 694 g/mol. The number of nitriles is 1. The molecule has 8 heteroatoms. The number of ether oxygens (including phenoxy) is 1. The lowest BCUT2D eigenvalue weighted by molar-refractivity contribution is -0.174. The highest BCUT2D eigenvalue weighted by Gasteiger charge is 2.37. The van der Waals surface area contributed by atoms with Gasteiger partial charge in [0.1, 0.15) is 0 Å². The highest BCUT2D eigenvalue weighted by molar-refractivity contribution is 5.46. The summed E-state index contributed by atoms with van der Waals surface area (Å²) in [5, 5.41) is 9.33. The van der Waals surface area contributed by atoms with Gasteiger partial charge in [-0.1, -0.05) is 77.1 Å². The van der Waals surface area contributed by atoms with Crippen molar-refractivity contribution < 1.29 is 17.9 Å². The van der Waals surface area contributed by atoms with Crippen molar-refractivity contribution >= 4 is 0 Å². The number of benzene rings is 3. The van der Waals surface area contributed by atoms with E-state index < -0.39 is 12.1 Å². The lowest BCUT2D eigenvalue weighted by atomic mass is 9.81. The van der Waals surface area contributed by atoms with E-state index in [2.05, 4.69) is 86.0 Å². The van der Waals surface area contributed by atoms with Gasteiger partial charge in [0.2, 0.25) is 0 Å². The van der Waals surface area contributed by atoms with Crippen LogP contribution in [0.15, 0.2) is 42.5 Å². The standard InChI is InChI=1S/C47H61F3N4O/c1-31(2)45-25-37-9-16-53(26-34(5)47(48,49)50)27-43(37)24-41(45)20-33(4)40-22-38-10-15-52(14-6-13-51)29-46(38)42(23-40)19-32(3)35-7-8-39-28-54(17-11-36(39)21-35)44-12-18-55-30-44/h7-8,21-25,31-34,44H,6,9-12,14-20,26-30H2,1-5H3. The molecule has 3 aromatic carbocycles. The molecule has 0 aromatic heterocycles. The highest BCUT2D eigenvalue weighted by Crippen LogP contribution is 2.37. The molecule has 1 fully saturated rings. The van der Waals surface area contributed by atoms with Crippen LogP contribution in [0.4, 0.5) is 13.2 Å². The van der Waals surface area contributed by atoms with Crippen LogP contribution in [-0.4, -0.2) is 72.9 Å². The highest BCUT2D eigenvalue weighted by atomic mass is 19.4. The minimum Gasteiger partial charge on any atom is -0.380 e. The largest absolute Gasteiger partial charge is 0.392 e. The molecular formula is C47H61F3N4O. The number of rotatable bonds is 12. The Morgan fingerprint density at radius 3 is 2.22 bits per heavy atom. The van der Waals surface area contributed by atoms with E-state index in [9.17, 15) is 18.4 Å². The van der Waals surface area contributed by atoms with E-state index >= 15 is 0 Å². The molecule has 0 N–H and O–H groups in total. The van der Waals surface area contributed by atoms with Crippen LogP contribution in [0.1, 0.15) is 126 Å². The van der Waals surface area contributed by atoms with Gasteiger partial charge in [0.05, 0.1) is 18.6 Å². The number of hydrogen-bond donors (Lipinski definition) is 0. The SMILES string of the molecule is CC(C)c1cc2c(cc1CC(C)c1cc3c(c(CC(C)c4ccc5c(c4)CCN(C4CCOC4)C5)c1)CN(CCC#N)CC3)CN(CC(C)C(F)(F)F)CC2. The van der Waals surface area contributed by atoms with Gasteiger partial charge >= 0.3 is 6.18 Å². The van der Waals surface area contributed by atoms with Gasteiger partial charge in [0.15, 0.2) is 0 Å². The number of halogens is 3.